The molecule has 1 aliphatic rings. The average molecular weight is 235 g/mol. The van der Waals surface area contributed by atoms with Crippen molar-refractivity contribution in [2.24, 2.45) is 0 Å². The van der Waals surface area contributed by atoms with E-state index in [4.69, 9.17) is 9.47 Å². The van der Waals surface area contributed by atoms with E-state index >= 15 is 0 Å². The van der Waals surface area contributed by atoms with Crippen molar-refractivity contribution in [1.29, 1.82) is 0 Å². The van der Waals surface area contributed by atoms with Crippen LogP contribution in [0.1, 0.15) is 16.8 Å². The van der Waals surface area contributed by atoms with Gasteiger partial charge in [-0.1, -0.05) is 12.1 Å². The van der Waals surface area contributed by atoms with Gasteiger partial charge in [-0.2, -0.15) is 0 Å². The zero-order valence-electron chi connectivity index (χ0n) is 10.1. The molecule has 0 amide bonds. The lowest BCUT2D eigenvalue weighted by Crippen LogP contribution is -2.30. The second-order valence-electron chi connectivity index (χ2n) is 4.15. The molecule has 2 rings (SSSR count). The van der Waals surface area contributed by atoms with Crippen LogP contribution in [-0.4, -0.2) is 38.7 Å². The van der Waals surface area contributed by atoms with E-state index in [-0.39, 0.29) is 17.9 Å². The summed E-state index contributed by atoms with van der Waals surface area (Å²) in [5.74, 6) is 0.806. The topological polar surface area (TPSA) is 47.6 Å². The van der Waals surface area contributed by atoms with Gasteiger partial charge in [0.25, 0.3) is 0 Å². The molecule has 92 valence electrons. The van der Waals surface area contributed by atoms with Crippen molar-refractivity contribution in [2.45, 2.75) is 18.6 Å². The molecular formula is C13H17NO3. The van der Waals surface area contributed by atoms with Crippen molar-refractivity contribution in [3.05, 3.63) is 29.8 Å². The van der Waals surface area contributed by atoms with Crippen molar-refractivity contribution >= 4 is 5.78 Å². The van der Waals surface area contributed by atoms with E-state index in [0.717, 1.165) is 13.0 Å². The van der Waals surface area contributed by atoms with Crippen molar-refractivity contribution in [3.63, 3.8) is 0 Å². The molecule has 1 fully saturated rings. The van der Waals surface area contributed by atoms with E-state index in [1.54, 1.807) is 20.3 Å². The smallest absolute Gasteiger partial charge is 0.179 e. The molecule has 1 aromatic carbocycles. The number of carbonyl (C=O) groups excluding carboxylic acids is 1. The number of ketones is 1. The molecular weight excluding hydrogens is 218 g/mol. The highest BCUT2D eigenvalue weighted by atomic mass is 16.5. The zero-order valence-corrected chi connectivity index (χ0v) is 10.1. The first-order valence-electron chi connectivity index (χ1n) is 5.69. The number of ether oxygens (including phenoxy) is 2. The largest absolute Gasteiger partial charge is 0.497 e. The van der Waals surface area contributed by atoms with Crippen LogP contribution in [0, 0.1) is 0 Å². The number of hydrogen-bond acceptors (Lipinski definition) is 4. The Hall–Kier alpha value is -1.39. The minimum Gasteiger partial charge on any atom is -0.497 e. The van der Waals surface area contributed by atoms with Crippen LogP contribution in [-0.2, 0) is 4.74 Å². The van der Waals surface area contributed by atoms with Gasteiger partial charge in [-0.05, 0) is 18.6 Å². The summed E-state index contributed by atoms with van der Waals surface area (Å²) in [7, 11) is 3.27. The molecule has 1 aromatic rings. The summed E-state index contributed by atoms with van der Waals surface area (Å²) < 4.78 is 10.3. The van der Waals surface area contributed by atoms with Crippen molar-refractivity contribution in [3.8, 4) is 5.75 Å². The van der Waals surface area contributed by atoms with Crippen LogP contribution in [0.5, 0.6) is 5.75 Å². The highest BCUT2D eigenvalue weighted by Crippen LogP contribution is 2.18. The van der Waals surface area contributed by atoms with E-state index in [0.29, 0.717) is 11.3 Å². The molecule has 17 heavy (non-hydrogen) atoms. The van der Waals surface area contributed by atoms with Crippen molar-refractivity contribution in [1.82, 2.24) is 5.32 Å². The highest BCUT2D eigenvalue weighted by Gasteiger charge is 2.29. The third kappa shape index (κ3) is 2.65. The van der Waals surface area contributed by atoms with Crippen LogP contribution < -0.4 is 10.1 Å². The maximum absolute atomic E-state index is 12.2. The van der Waals surface area contributed by atoms with Gasteiger partial charge in [-0.15, -0.1) is 0 Å². The van der Waals surface area contributed by atoms with Crippen LogP contribution in [0.25, 0.3) is 0 Å². The van der Waals surface area contributed by atoms with Gasteiger partial charge < -0.3 is 14.8 Å². The molecule has 2 atom stereocenters. The number of hydrogen-bond donors (Lipinski definition) is 1. The van der Waals surface area contributed by atoms with E-state index in [2.05, 4.69) is 5.32 Å². The molecule has 0 aromatic heterocycles. The van der Waals surface area contributed by atoms with Gasteiger partial charge in [0.2, 0.25) is 0 Å². The molecule has 0 bridgehead atoms. The maximum Gasteiger partial charge on any atom is 0.179 e. The van der Waals surface area contributed by atoms with Crippen LogP contribution in [0.15, 0.2) is 24.3 Å². The summed E-state index contributed by atoms with van der Waals surface area (Å²) >= 11 is 0. The second-order valence-corrected chi connectivity index (χ2v) is 4.15. The van der Waals surface area contributed by atoms with E-state index < -0.39 is 0 Å². The Kier molecular flexibility index (Phi) is 3.76. The monoisotopic (exact) mass is 235 g/mol. The number of benzene rings is 1. The summed E-state index contributed by atoms with van der Waals surface area (Å²) in [6.07, 6.45) is 0.863. The first kappa shape index (κ1) is 12.1. The van der Waals surface area contributed by atoms with Gasteiger partial charge in [0.15, 0.2) is 5.78 Å². The Balaban J connectivity index is 2.09. The Labute approximate surface area is 101 Å². The van der Waals surface area contributed by atoms with E-state index in [1.165, 1.54) is 0 Å². The second kappa shape index (κ2) is 5.29. The molecule has 1 aliphatic heterocycles. The van der Waals surface area contributed by atoms with Gasteiger partial charge in [-0.3, -0.25) is 4.79 Å². The fourth-order valence-corrected chi connectivity index (χ4v) is 2.06. The third-order valence-corrected chi connectivity index (χ3v) is 3.09. The van der Waals surface area contributed by atoms with Gasteiger partial charge >= 0.3 is 0 Å². The Morgan fingerprint density at radius 2 is 2.24 bits per heavy atom. The van der Waals surface area contributed by atoms with E-state index in [1.807, 2.05) is 18.2 Å². The van der Waals surface area contributed by atoms with Crippen LogP contribution in [0.4, 0.5) is 0 Å². The number of Topliss-reactive ketones (excluding diaryl/α,β-unsaturated/α-hetero) is 1. The molecule has 0 spiro atoms. The number of methoxy groups -OCH3 is 2. The Bertz CT molecular complexity index is 405. The molecule has 1 N–H and O–H groups in total. The Morgan fingerprint density at radius 1 is 1.41 bits per heavy atom. The van der Waals surface area contributed by atoms with Crippen molar-refractivity contribution in [2.75, 3.05) is 20.8 Å². The number of nitrogens with one attached hydrogen (secondary N) is 1. The summed E-state index contributed by atoms with van der Waals surface area (Å²) in [4.78, 5) is 12.2. The first-order valence-corrected chi connectivity index (χ1v) is 5.69. The molecule has 1 heterocycles. The fraction of sp³-hybridized carbons (Fsp3) is 0.462. The highest BCUT2D eigenvalue weighted by molar-refractivity contribution is 6.00. The van der Waals surface area contributed by atoms with Crippen LogP contribution >= 0.6 is 0 Å². The summed E-state index contributed by atoms with van der Waals surface area (Å²) in [5.41, 5.74) is 0.679. The SMILES string of the molecule is COc1cccc(C(=O)C2CC(OC)CN2)c1. The average Bonchev–Trinajstić information content (AvgIpc) is 2.86. The first-order chi connectivity index (χ1) is 8.24. The number of rotatable bonds is 4. The molecule has 0 radical (unpaired) electrons. The fourth-order valence-electron chi connectivity index (χ4n) is 2.06. The predicted molar refractivity (Wildman–Crippen MR) is 64.5 cm³/mol. The summed E-state index contributed by atoms with van der Waals surface area (Å²) in [5, 5.41) is 3.18. The van der Waals surface area contributed by atoms with Crippen LogP contribution in [0.2, 0.25) is 0 Å². The lowest BCUT2D eigenvalue weighted by Gasteiger charge is -2.10. The van der Waals surface area contributed by atoms with E-state index in [9.17, 15) is 4.79 Å². The summed E-state index contributed by atoms with van der Waals surface area (Å²) in [6, 6.07) is 7.09. The summed E-state index contributed by atoms with van der Waals surface area (Å²) in [6.45, 7) is 0.733. The minimum atomic E-state index is -0.146. The maximum atomic E-state index is 12.2. The van der Waals surface area contributed by atoms with Gasteiger partial charge in [0.1, 0.15) is 5.75 Å². The van der Waals surface area contributed by atoms with Crippen molar-refractivity contribution < 1.29 is 14.3 Å². The van der Waals surface area contributed by atoms with Crippen LogP contribution in [0.3, 0.4) is 0 Å². The third-order valence-electron chi connectivity index (χ3n) is 3.09. The lowest BCUT2D eigenvalue weighted by molar-refractivity contribution is 0.0918. The molecule has 0 aliphatic carbocycles. The molecule has 2 unspecified atom stereocenters. The quantitative estimate of drug-likeness (QED) is 0.798. The molecule has 1 saturated heterocycles. The molecule has 4 nitrogen and oxygen atoms in total. The zero-order chi connectivity index (χ0) is 12.3. The minimum absolute atomic E-state index is 0.100. The van der Waals surface area contributed by atoms with Gasteiger partial charge in [0, 0.05) is 19.2 Å². The lowest BCUT2D eigenvalue weighted by atomic mass is 10.0. The molecule has 4 heteroatoms. The number of carbonyl (C=O) groups is 1. The van der Waals surface area contributed by atoms with Gasteiger partial charge in [0.05, 0.1) is 19.3 Å². The van der Waals surface area contributed by atoms with Gasteiger partial charge in [-0.25, -0.2) is 0 Å². The normalized spacial score (nSPS) is 23.6. The molecule has 0 saturated carbocycles. The Morgan fingerprint density at radius 3 is 2.88 bits per heavy atom. The predicted octanol–water partition coefficient (Wildman–Crippen LogP) is 1.25. The standard InChI is InChI=1S/C13H17NO3/c1-16-10-5-3-4-9(6-10)13(15)12-7-11(17-2)8-14-12/h3-6,11-12,14H,7-8H2,1-2H3.